The Hall–Kier alpha value is -3.87. The number of aryl methyl sites for hydroxylation is 2. The van der Waals surface area contributed by atoms with Crippen molar-refractivity contribution in [2.24, 2.45) is 0 Å². The Bertz CT molecular complexity index is 1720. The number of pyridine rings is 1. The Balaban J connectivity index is 1.57. The summed E-state index contributed by atoms with van der Waals surface area (Å²) in [7, 11) is -3.37. The largest absolute Gasteiger partial charge is 0.360 e. The van der Waals surface area contributed by atoms with Crippen LogP contribution in [0.5, 0.6) is 0 Å². The molecule has 0 radical (unpaired) electrons. The molecule has 0 bridgehead atoms. The molecule has 204 valence electrons. The highest BCUT2D eigenvalue weighted by Crippen LogP contribution is 2.43. The lowest BCUT2D eigenvalue weighted by Crippen LogP contribution is -2.29. The van der Waals surface area contributed by atoms with Gasteiger partial charge in [-0.25, -0.2) is 37.7 Å². The molecule has 4 aromatic heterocycles. The van der Waals surface area contributed by atoms with E-state index in [4.69, 9.17) is 9.97 Å². The normalized spacial score (nSPS) is 14.5. The van der Waals surface area contributed by atoms with Gasteiger partial charge in [0.1, 0.15) is 18.5 Å². The van der Waals surface area contributed by atoms with Gasteiger partial charge in [-0.2, -0.15) is 0 Å². The van der Waals surface area contributed by atoms with Crippen LogP contribution in [0.1, 0.15) is 61.4 Å². The van der Waals surface area contributed by atoms with E-state index in [0.717, 1.165) is 29.8 Å². The molecule has 0 aromatic carbocycles. The molecule has 4 heterocycles. The minimum absolute atomic E-state index is 0.00722. The predicted octanol–water partition coefficient (Wildman–Crippen LogP) is 3.47. The quantitative estimate of drug-likeness (QED) is 0.327. The topological polar surface area (TPSA) is 146 Å². The van der Waals surface area contributed by atoms with Crippen LogP contribution in [0.25, 0.3) is 22.6 Å². The zero-order valence-electron chi connectivity index (χ0n) is 22.1. The zero-order chi connectivity index (χ0) is 27.9. The number of nitrogens with one attached hydrogen (secondary N) is 1. The van der Waals surface area contributed by atoms with Crippen molar-refractivity contribution >= 4 is 26.8 Å². The summed E-state index contributed by atoms with van der Waals surface area (Å²) in [6, 6.07) is 2.24. The molecule has 5 rings (SSSR count). The first-order valence-corrected chi connectivity index (χ1v) is 14.4. The minimum atomic E-state index is -3.37. The second-order valence-corrected chi connectivity index (χ2v) is 12.0. The Morgan fingerprint density at radius 3 is 2.51 bits per heavy atom. The average molecular weight is 553 g/mol. The van der Waals surface area contributed by atoms with E-state index in [1.807, 2.05) is 6.92 Å². The standard InChI is InChI=1S/C26H29FN8O3S/c1-5-39(37,38)19-9-8-18(28-12-19)11-29-24-26(36)35(14(2)10-27)25-21(33-24)16(4)32-23(34-25)20-15(3)30-13-31-22(20)17-6-7-17/h8-9,12-14,17H,5-7,10-11H2,1-4H3,(H,29,33)/t14-/m0/s1. The molecule has 1 fully saturated rings. The van der Waals surface area contributed by atoms with Gasteiger partial charge in [0.05, 0.1) is 51.6 Å². The number of sulfone groups is 1. The van der Waals surface area contributed by atoms with Crippen molar-refractivity contribution in [2.75, 3.05) is 17.7 Å². The lowest BCUT2D eigenvalue weighted by Gasteiger charge is -2.18. The molecule has 4 aromatic rings. The van der Waals surface area contributed by atoms with Gasteiger partial charge in [-0.05, 0) is 45.7 Å². The molecule has 1 aliphatic carbocycles. The first-order valence-electron chi connectivity index (χ1n) is 12.7. The van der Waals surface area contributed by atoms with Crippen molar-refractivity contribution in [1.29, 1.82) is 0 Å². The molecule has 39 heavy (non-hydrogen) atoms. The number of anilines is 1. The highest BCUT2D eigenvalue weighted by Gasteiger charge is 2.31. The number of aromatic nitrogens is 7. The smallest absolute Gasteiger partial charge is 0.295 e. The van der Waals surface area contributed by atoms with Crippen LogP contribution in [-0.4, -0.2) is 55.3 Å². The van der Waals surface area contributed by atoms with Crippen LogP contribution in [0, 0.1) is 13.8 Å². The summed E-state index contributed by atoms with van der Waals surface area (Å²) in [6.07, 6.45) is 4.88. The highest BCUT2D eigenvalue weighted by atomic mass is 32.2. The molecule has 0 spiro atoms. The lowest BCUT2D eigenvalue weighted by molar-refractivity contribution is 0.376. The molecule has 11 nitrogen and oxygen atoms in total. The summed E-state index contributed by atoms with van der Waals surface area (Å²) in [5.74, 6) is 0.671. The van der Waals surface area contributed by atoms with Crippen LogP contribution >= 0.6 is 0 Å². The summed E-state index contributed by atoms with van der Waals surface area (Å²) in [5, 5.41) is 2.97. The van der Waals surface area contributed by atoms with Gasteiger partial charge in [-0.3, -0.25) is 14.3 Å². The van der Waals surface area contributed by atoms with Crippen molar-refractivity contribution in [3.63, 3.8) is 0 Å². The van der Waals surface area contributed by atoms with Crippen molar-refractivity contribution in [1.82, 2.24) is 34.5 Å². The van der Waals surface area contributed by atoms with Gasteiger partial charge >= 0.3 is 0 Å². The summed E-state index contributed by atoms with van der Waals surface area (Å²) >= 11 is 0. The van der Waals surface area contributed by atoms with Crippen LogP contribution in [0.2, 0.25) is 0 Å². The number of fused-ring (bicyclic) bond motifs is 1. The van der Waals surface area contributed by atoms with Crippen molar-refractivity contribution in [3.05, 3.63) is 57.8 Å². The predicted molar refractivity (Wildman–Crippen MR) is 144 cm³/mol. The molecule has 0 unspecified atom stereocenters. The SMILES string of the molecule is CCS(=O)(=O)c1ccc(CNc2nc3c(C)nc(-c4c(C)ncnc4C4CC4)nc3n([C@@H](C)CF)c2=O)nc1. The minimum Gasteiger partial charge on any atom is -0.360 e. The number of nitrogens with zero attached hydrogens (tertiary/aromatic N) is 7. The fraction of sp³-hybridized carbons (Fsp3) is 0.423. The third-order valence-electron chi connectivity index (χ3n) is 6.80. The Morgan fingerprint density at radius 1 is 1.10 bits per heavy atom. The van der Waals surface area contributed by atoms with Gasteiger partial charge in [-0.1, -0.05) is 6.92 Å². The van der Waals surface area contributed by atoms with Gasteiger partial charge in [-0.15, -0.1) is 0 Å². The first kappa shape index (κ1) is 26.7. The van der Waals surface area contributed by atoms with Crippen molar-refractivity contribution < 1.29 is 12.8 Å². The Kier molecular flexibility index (Phi) is 7.10. The molecule has 0 aliphatic heterocycles. The fourth-order valence-corrected chi connectivity index (χ4v) is 5.22. The average Bonchev–Trinajstić information content (AvgIpc) is 3.77. The van der Waals surface area contributed by atoms with E-state index in [1.165, 1.54) is 23.2 Å². The van der Waals surface area contributed by atoms with Gasteiger partial charge in [0.2, 0.25) is 0 Å². The van der Waals surface area contributed by atoms with E-state index in [0.29, 0.717) is 28.6 Å². The summed E-state index contributed by atoms with van der Waals surface area (Å²) in [6.45, 7) is 6.12. The lowest BCUT2D eigenvalue weighted by atomic mass is 10.1. The van der Waals surface area contributed by atoms with E-state index >= 15 is 0 Å². The van der Waals surface area contributed by atoms with E-state index in [9.17, 15) is 17.6 Å². The van der Waals surface area contributed by atoms with Crippen LogP contribution in [0.15, 0.2) is 34.3 Å². The maximum atomic E-state index is 14.0. The number of alkyl halides is 1. The second-order valence-electron chi connectivity index (χ2n) is 9.68. The molecule has 0 saturated heterocycles. The van der Waals surface area contributed by atoms with E-state index in [1.54, 1.807) is 26.8 Å². The fourth-order valence-electron chi connectivity index (χ4n) is 4.40. The second kappa shape index (κ2) is 10.4. The first-order chi connectivity index (χ1) is 18.6. The van der Waals surface area contributed by atoms with Gasteiger partial charge < -0.3 is 5.32 Å². The molecule has 1 N–H and O–H groups in total. The van der Waals surface area contributed by atoms with E-state index < -0.39 is 28.1 Å². The highest BCUT2D eigenvalue weighted by molar-refractivity contribution is 7.91. The molecular weight excluding hydrogens is 523 g/mol. The number of rotatable bonds is 9. The van der Waals surface area contributed by atoms with Crippen molar-refractivity contribution in [3.8, 4) is 11.4 Å². The maximum Gasteiger partial charge on any atom is 0.295 e. The van der Waals surface area contributed by atoms with Crippen LogP contribution < -0.4 is 10.9 Å². The molecule has 1 aliphatic rings. The van der Waals surface area contributed by atoms with E-state index in [-0.39, 0.29) is 28.7 Å². The van der Waals surface area contributed by atoms with Crippen LogP contribution in [-0.2, 0) is 16.4 Å². The van der Waals surface area contributed by atoms with Gasteiger partial charge in [0.25, 0.3) is 5.56 Å². The summed E-state index contributed by atoms with van der Waals surface area (Å²) in [4.78, 5) is 40.6. The number of halogens is 1. The third kappa shape index (κ3) is 5.10. The molecular formula is C26H29FN8O3S. The molecule has 1 atom stereocenters. The summed E-state index contributed by atoms with van der Waals surface area (Å²) in [5.41, 5.74) is 3.43. The Morgan fingerprint density at radius 2 is 1.87 bits per heavy atom. The maximum absolute atomic E-state index is 14.0. The third-order valence-corrected chi connectivity index (χ3v) is 8.52. The van der Waals surface area contributed by atoms with Crippen LogP contribution in [0.4, 0.5) is 10.2 Å². The van der Waals surface area contributed by atoms with Gasteiger partial charge in [0.15, 0.2) is 27.1 Å². The number of hydrogen-bond acceptors (Lipinski definition) is 10. The molecule has 0 amide bonds. The monoisotopic (exact) mass is 552 g/mol. The van der Waals surface area contributed by atoms with Crippen LogP contribution in [0.3, 0.4) is 0 Å². The zero-order valence-corrected chi connectivity index (χ0v) is 23.0. The van der Waals surface area contributed by atoms with Crippen molar-refractivity contribution in [2.45, 2.75) is 63.9 Å². The van der Waals surface area contributed by atoms with E-state index in [2.05, 4.69) is 25.3 Å². The Labute approximate surface area is 224 Å². The molecule has 1 saturated carbocycles. The summed E-state index contributed by atoms with van der Waals surface area (Å²) < 4.78 is 39.4. The number of hydrogen-bond donors (Lipinski definition) is 1. The molecule has 13 heteroatoms. The van der Waals surface area contributed by atoms with Gasteiger partial charge in [0, 0.05) is 12.1 Å².